The smallest absolute Gasteiger partial charge is 0.292 e. The van der Waals surface area contributed by atoms with Gasteiger partial charge in [-0.15, -0.1) is 0 Å². The molecule has 1 saturated heterocycles. The van der Waals surface area contributed by atoms with Gasteiger partial charge in [0.25, 0.3) is 5.69 Å². The minimum Gasteiger partial charge on any atom is -0.497 e. The lowest BCUT2D eigenvalue weighted by molar-refractivity contribution is -0.384. The van der Waals surface area contributed by atoms with E-state index in [1.807, 2.05) is 19.0 Å². The summed E-state index contributed by atoms with van der Waals surface area (Å²) in [5, 5.41) is 11.0. The quantitative estimate of drug-likeness (QED) is 0.597. The Morgan fingerprint density at radius 3 is 2.61 bits per heavy atom. The zero-order valence-electron chi connectivity index (χ0n) is 10.8. The van der Waals surface area contributed by atoms with Gasteiger partial charge < -0.3 is 14.5 Å². The fraction of sp³-hybridized carbons (Fsp3) is 0.500. The Balaban J connectivity index is 2.23. The van der Waals surface area contributed by atoms with Gasteiger partial charge in [0.2, 0.25) is 0 Å². The number of hydrogen-bond acceptors (Lipinski definition) is 5. The molecular weight excluding hydrogens is 234 g/mol. The van der Waals surface area contributed by atoms with E-state index in [0.717, 1.165) is 13.1 Å². The van der Waals surface area contributed by atoms with Crippen LogP contribution in [-0.4, -0.2) is 50.2 Å². The van der Waals surface area contributed by atoms with Gasteiger partial charge in [-0.05, 0) is 20.2 Å². The first kappa shape index (κ1) is 12.6. The summed E-state index contributed by atoms with van der Waals surface area (Å²) in [6.07, 6.45) is 0. The molecule has 0 unspecified atom stereocenters. The summed E-state index contributed by atoms with van der Waals surface area (Å²) in [4.78, 5) is 14.8. The van der Waals surface area contributed by atoms with Crippen LogP contribution in [0, 0.1) is 10.1 Å². The van der Waals surface area contributed by atoms with Gasteiger partial charge in [0.15, 0.2) is 0 Å². The van der Waals surface area contributed by atoms with Crippen molar-refractivity contribution < 1.29 is 9.66 Å². The van der Waals surface area contributed by atoms with E-state index in [2.05, 4.69) is 4.90 Å². The fourth-order valence-electron chi connectivity index (χ4n) is 2.02. The number of likely N-dealkylation sites (N-methyl/N-ethyl adjacent to an activating group) is 1. The van der Waals surface area contributed by atoms with Crippen LogP contribution in [0.25, 0.3) is 0 Å². The number of nitrogens with zero attached hydrogens (tertiary/aromatic N) is 3. The highest BCUT2D eigenvalue weighted by Gasteiger charge is 2.32. The van der Waals surface area contributed by atoms with E-state index in [4.69, 9.17) is 4.74 Å². The van der Waals surface area contributed by atoms with Crippen LogP contribution in [0.1, 0.15) is 0 Å². The van der Waals surface area contributed by atoms with Crippen LogP contribution < -0.4 is 9.64 Å². The lowest BCUT2D eigenvalue weighted by atomic mass is 10.1. The highest BCUT2D eigenvalue weighted by molar-refractivity contribution is 5.67. The third-order valence-corrected chi connectivity index (χ3v) is 3.31. The van der Waals surface area contributed by atoms with E-state index < -0.39 is 0 Å². The first-order chi connectivity index (χ1) is 8.52. The number of rotatable bonds is 4. The maximum atomic E-state index is 11.0. The van der Waals surface area contributed by atoms with E-state index in [0.29, 0.717) is 17.5 Å². The summed E-state index contributed by atoms with van der Waals surface area (Å²) in [7, 11) is 5.59. The van der Waals surface area contributed by atoms with Crippen molar-refractivity contribution in [2.45, 2.75) is 6.04 Å². The number of benzene rings is 1. The minimum absolute atomic E-state index is 0.132. The Hall–Kier alpha value is -1.82. The molecule has 6 heteroatoms. The zero-order chi connectivity index (χ0) is 13.3. The van der Waals surface area contributed by atoms with E-state index in [-0.39, 0.29) is 10.6 Å². The fourth-order valence-corrected chi connectivity index (χ4v) is 2.02. The van der Waals surface area contributed by atoms with Crippen molar-refractivity contribution in [2.75, 3.05) is 39.2 Å². The first-order valence-electron chi connectivity index (χ1n) is 5.76. The third kappa shape index (κ3) is 2.24. The van der Waals surface area contributed by atoms with Crippen LogP contribution in [0.4, 0.5) is 11.4 Å². The second-order valence-electron chi connectivity index (χ2n) is 4.63. The second kappa shape index (κ2) is 4.81. The molecule has 1 heterocycles. The Kier molecular flexibility index (Phi) is 3.38. The van der Waals surface area contributed by atoms with Gasteiger partial charge in [-0.3, -0.25) is 10.1 Å². The molecule has 0 amide bonds. The molecule has 1 aromatic rings. The lowest BCUT2D eigenvalue weighted by Gasteiger charge is -2.43. The van der Waals surface area contributed by atoms with E-state index in [1.165, 1.54) is 6.07 Å². The molecular formula is C12H17N3O3. The summed E-state index contributed by atoms with van der Waals surface area (Å²) in [6.45, 7) is 1.61. The van der Waals surface area contributed by atoms with E-state index in [9.17, 15) is 10.1 Å². The minimum atomic E-state index is -0.349. The number of hydrogen-bond donors (Lipinski definition) is 0. The van der Waals surface area contributed by atoms with Crippen molar-refractivity contribution in [3.8, 4) is 5.75 Å². The van der Waals surface area contributed by atoms with Crippen LogP contribution in [0.3, 0.4) is 0 Å². The van der Waals surface area contributed by atoms with Crippen LogP contribution in [-0.2, 0) is 0 Å². The molecule has 1 aromatic carbocycles. The number of methoxy groups -OCH3 is 1. The van der Waals surface area contributed by atoms with Gasteiger partial charge in [0.05, 0.1) is 12.0 Å². The maximum absolute atomic E-state index is 11.0. The number of anilines is 1. The average Bonchev–Trinajstić information content (AvgIpc) is 2.26. The molecule has 6 nitrogen and oxygen atoms in total. The van der Waals surface area contributed by atoms with Gasteiger partial charge in [-0.25, -0.2) is 0 Å². The average molecular weight is 251 g/mol. The van der Waals surface area contributed by atoms with Crippen molar-refractivity contribution in [2.24, 2.45) is 0 Å². The first-order valence-corrected chi connectivity index (χ1v) is 5.76. The molecule has 0 N–H and O–H groups in total. The summed E-state index contributed by atoms with van der Waals surface area (Å²) in [6, 6.07) is 5.29. The molecule has 18 heavy (non-hydrogen) atoms. The molecule has 0 aromatic heterocycles. The Bertz CT molecular complexity index is 456. The van der Waals surface area contributed by atoms with Crippen molar-refractivity contribution in [1.82, 2.24) is 4.90 Å². The highest BCUT2D eigenvalue weighted by Crippen LogP contribution is 2.35. The summed E-state index contributed by atoms with van der Waals surface area (Å²) < 4.78 is 5.12. The third-order valence-electron chi connectivity index (χ3n) is 3.31. The lowest BCUT2D eigenvalue weighted by Crippen LogP contribution is -2.57. The largest absolute Gasteiger partial charge is 0.497 e. The Morgan fingerprint density at radius 2 is 2.11 bits per heavy atom. The second-order valence-corrected chi connectivity index (χ2v) is 4.63. The summed E-state index contributed by atoms with van der Waals surface area (Å²) >= 11 is 0. The molecule has 0 bridgehead atoms. The summed E-state index contributed by atoms with van der Waals surface area (Å²) in [5.41, 5.74) is 0.769. The molecule has 2 rings (SSSR count). The van der Waals surface area contributed by atoms with Gasteiger partial charge in [0.1, 0.15) is 11.4 Å². The molecule has 0 aliphatic carbocycles. The van der Waals surface area contributed by atoms with Crippen LogP contribution in [0.2, 0.25) is 0 Å². The molecule has 1 fully saturated rings. The predicted octanol–water partition coefficient (Wildman–Crippen LogP) is 1.35. The molecule has 0 saturated carbocycles. The normalized spacial score (nSPS) is 15.7. The number of ether oxygens (including phenoxy) is 1. The van der Waals surface area contributed by atoms with Gasteiger partial charge in [-0.1, -0.05) is 0 Å². The predicted molar refractivity (Wildman–Crippen MR) is 69.3 cm³/mol. The van der Waals surface area contributed by atoms with Gasteiger partial charge in [0, 0.05) is 31.3 Å². The molecule has 0 radical (unpaired) electrons. The Labute approximate surface area is 106 Å². The van der Waals surface area contributed by atoms with Gasteiger partial charge in [-0.2, -0.15) is 0 Å². The molecule has 1 aliphatic rings. The van der Waals surface area contributed by atoms with Crippen LogP contribution in [0.5, 0.6) is 5.75 Å². The van der Waals surface area contributed by atoms with Crippen molar-refractivity contribution in [3.05, 3.63) is 28.3 Å². The SMILES string of the molecule is COc1ccc([N+](=O)[O-])c(N2CC(N(C)C)C2)c1. The van der Waals surface area contributed by atoms with E-state index >= 15 is 0 Å². The number of nitro benzene ring substituents is 1. The highest BCUT2D eigenvalue weighted by atomic mass is 16.6. The number of nitro groups is 1. The van der Waals surface area contributed by atoms with Crippen molar-refractivity contribution in [3.63, 3.8) is 0 Å². The Morgan fingerprint density at radius 1 is 1.44 bits per heavy atom. The topological polar surface area (TPSA) is 58.9 Å². The zero-order valence-corrected chi connectivity index (χ0v) is 10.8. The standard InChI is InChI=1S/C12H17N3O3/c1-13(2)9-7-14(8-9)12-6-10(18-3)4-5-11(12)15(16)17/h4-6,9H,7-8H2,1-3H3. The molecule has 0 atom stereocenters. The van der Waals surface area contributed by atoms with Gasteiger partial charge >= 0.3 is 0 Å². The van der Waals surface area contributed by atoms with Crippen LogP contribution >= 0.6 is 0 Å². The summed E-state index contributed by atoms with van der Waals surface area (Å²) in [5.74, 6) is 0.643. The van der Waals surface area contributed by atoms with Crippen LogP contribution in [0.15, 0.2) is 18.2 Å². The molecule has 98 valence electrons. The molecule has 0 spiro atoms. The van der Waals surface area contributed by atoms with Crippen molar-refractivity contribution >= 4 is 11.4 Å². The maximum Gasteiger partial charge on any atom is 0.292 e. The monoisotopic (exact) mass is 251 g/mol. The van der Waals surface area contributed by atoms with Crippen molar-refractivity contribution in [1.29, 1.82) is 0 Å². The molecule has 1 aliphatic heterocycles. The van der Waals surface area contributed by atoms with E-state index in [1.54, 1.807) is 19.2 Å².